The van der Waals surface area contributed by atoms with Gasteiger partial charge in [-0.3, -0.25) is 4.79 Å². The van der Waals surface area contributed by atoms with Crippen molar-refractivity contribution in [1.82, 2.24) is 14.8 Å². The molecule has 0 aliphatic heterocycles. The number of benzene rings is 1. The highest BCUT2D eigenvalue weighted by atomic mass is 32.2. The molecule has 1 aromatic carbocycles. The highest BCUT2D eigenvalue weighted by molar-refractivity contribution is 7.91. The summed E-state index contributed by atoms with van der Waals surface area (Å²) in [4.78, 5) is 16.0. The van der Waals surface area contributed by atoms with Crippen molar-refractivity contribution in [3.05, 3.63) is 65.6 Å². The molecule has 0 spiro atoms. The van der Waals surface area contributed by atoms with Crippen molar-refractivity contribution in [3.8, 4) is 5.82 Å². The molecule has 0 bridgehead atoms. The zero-order valence-corrected chi connectivity index (χ0v) is 15.7. The van der Waals surface area contributed by atoms with Crippen molar-refractivity contribution in [3.63, 3.8) is 0 Å². The van der Waals surface area contributed by atoms with Crippen molar-refractivity contribution in [2.75, 3.05) is 5.32 Å². The maximum Gasteiger partial charge on any atom is 0.341 e. The van der Waals surface area contributed by atoms with Gasteiger partial charge in [0.15, 0.2) is 5.82 Å². The largest absolute Gasteiger partial charge is 0.341 e. The van der Waals surface area contributed by atoms with Crippen LogP contribution in [0.25, 0.3) is 5.82 Å². The molecule has 10 heteroatoms. The molecule has 0 radical (unpaired) electrons. The van der Waals surface area contributed by atoms with E-state index in [4.69, 9.17) is 0 Å². The number of aryl methyl sites for hydroxylation is 2. The number of pyridine rings is 1. The Hall–Kier alpha value is -3.14. The fraction of sp³-hybridized carbons (Fsp3) is 0.167. The normalized spacial score (nSPS) is 11.6. The Bertz CT molecular complexity index is 1130. The van der Waals surface area contributed by atoms with Crippen molar-refractivity contribution in [1.29, 1.82) is 0 Å². The molecular weight excluding hydrogens is 390 g/mol. The molecule has 7 nitrogen and oxygen atoms in total. The van der Waals surface area contributed by atoms with Gasteiger partial charge < -0.3 is 5.32 Å². The van der Waals surface area contributed by atoms with Gasteiger partial charge in [-0.05, 0) is 44.2 Å². The van der Waals surface area contributed by atoms with Crippen LogP contribution in [0.15, 0.2) is 53.6 Å². The molecule has 2 aromatic heterocycles. The van der Waals surface area contributed by atoms with Gasteiger partial charge in [-0.25, -0.2) is 18.1 Å². The minimum atomic E-state index is -4.86. The number of nitrogens with one attached hydrogen (secondary N) is 1. The predicted octanol–water partition coefficient (Wildman–Crippen LogP) is 3.13. The lowest BCUT2D eigenvalue weighted by Crippen LogP contribution is -2.18. The van der Waals surface area contributed by atoms with Gasteiger partial charge in [-0.15, -0.1) is 0 Å². The van der Waals surface area contributed by atoms with Crippen LogP contribution in [0.3, 0.4) is 0 Å². The van der Waals surface area contributed by atoms with Crippen LogP contribution in [-0.2, 0) is 9.84 Å². The molecule has 0 unspecified atom stereocenters. The summed E-state index contributed by atoms with van der Waals surface area (Å²) in [6, 6.07) is 9.93. The summed E-state index contributed by atoms with van der Waals surface area (Å²) in [6.07, 6.45) is 1.30. The van der Waals surface area contributed by atoms with Gasteiger partial charge in [0.05, 0.1) is 21.8 Å². The molecule has 0 saturated carbocycles. The minimum Gasteiger partial charge on any atom is -0.321 e. The van der Waals surface area contributed by atoms with Gasteiger partial charge in [0.25, 0.3) is 5.91 Å². The minimum absolute atomic E-state index is 0.134. The van der Waals surface area contributed by atoms with E-state index in [1.54, 1.807) is 10.7 Å². The van der Waals surface area contributed by atoms with Gasteiger partial charge in [-0.1, -0.05) is 12.1 Å². The number of alkyl halides is 2. The number of rotatable bonds is 5. The number of hydrogen-bond donors (Lipinski definition) is 1. The first kappa shape index (κ1) is 19.6. The quantitative estimate of drug-likeness (QED) is 0.703. The first-order chi connectivity index (χ1) is 13.2. The van der Waals surface area contributed by atoms with Crippen molar-refractivity contribution in [2.24, 2.45) is 0 Å². The van der Waals surface area contributed by atoms with Crippen molar-refractivity contribution < 1.29 is 22.0 Å². The Balaban J connectivity index is 1.86. The summed E-state index contributed by atoms with van der Waals surface area (Å²) in [6.45, 7) is 3.71. The standard InChI is InChI=1S/C18H16F2N4O3S/c1-11-9-12(2)24(23-11)16-8-7-13(10-21-16)17(25)22-14-5-3-4-6-15(14)28(26,27)18(19)20/h3-10,18H,1-2H3,(H,22,25). The van der Waals surface area contributed by atoms with Gasteiger partial charge in [0.1, 0.15) is 0 Å². The zero-order valence-electron chi connectivity index (χ0n) is 14.9. The third kappa shape index (κ3) is 3.77. The molecule has 146 valence electrons. The molecular formula is C18H16F2N4O3S. The highest BCUT2D eigenvalue weighted by Crippen LogP contribution is 2.26. The molecule has 0 aliphatic rings. The molecule has 0 fully saturated rings. The topological polar surface area (TPSA) is 94.0 Å². The van der Waals surface area contributed by atoms with Gasteiger partial charge in [0, 0.05) is 11.9 Å². The highest BCUT2D eigenvalue weighted by Gasteiger charge is 2.29. The van der Waals surface area contributed by atoms with E-state index in [2.05, 4.69) is 15.4 Å². The fourth-order valence-electron chi connectivity index (χ4n) is 2.61. The van der Waals surface area contributed by atoms with Crippen LogP contribution in [-0.4, -0.2) is 34.8 Å². The van der Waals surface area contributed by atoms with E-state index in [9.17, 15) is 22.0 Å². The Labute approximate surface area is 160 Å². The number of carbonyl (C=O) groups excluding carboxylic acids is 1. The van der Waals surface area contributed by atoms with E-state index in [1.165, 1.54) is 30.5 Å². The molecule has 3 aromatic rings. The maximum atomic E-state index is 12.9. The summed E-state index contributed by atoms with van der Waals surface area (Å²) < 4.78 is 50.9. The van der Waals surface area contributed by atoms with Crippen LogP contribution in [0, 0.1) is 13.8 Å². The lowest BCUT2D eigenvalue weighted by atomic mass is 10.2. The summed E-state index contributed by atoms with van der Waals surface area (Å²) in [5.74, 6) is -3.76. The first-order valence-corrected chi connectivity index (χ1v) is 9.67. The Morgan fingerprint density at radius 1 is 1.14 bits per heavy atom. The van der Waals surface area contributed by atoms with Gasteiger partial charge in [-0.2, -0.15) is 13.9 Å². The SMILES string of the molecule is Cc1cc(C)n(-c2ccc(C(=O)Nc3ccccc3S(=O)(=O)C(F)F)cn2)n1. The fourth-order valence-corrected chi connectivity index (χ4v) is 3.50. The first-order valence-electron chi connectivity index (χ1n) is 8.12. The third-order valence-electron chi connectivity index (χ3n) is 3.91. The second kappa shape index (κ2) is 7.47. The molecule has 28 heavy (non-hydrogen) atoms. The lowest BCUT2D eigenvalue weighted by Gasteiger charge is -2.11. The number of halogens is 2. The Morgan fingerprint density at radius 3 is 2.43 bits per heavy atom. The number of carbonyl (C=O) groups is 1. The summed E-state index contributed by atoms with van der Waals surface area (Å²) in [5.41, 5.74) is 1.59. The van der Waals surface area contributed by atoms with Gasteiger partial charge >= 0.3 is 5.76 Å². The molecule has 3 rings (SSSR count). The molecule has 0 saturated heterocycles. The van der Waals surface area contributed by atoms with E-state index >= 15 is 0 Å². The van der Waals surface area contributed by atoms with Crippen LogP contribution in [0.4, 0.5) is 14.5 Å². The Morgan fingerprint density at radius 2 is 1.86 bits per heavy atom. The number of sulfone groups is 1. The van der Waals surface area contributed by atoms with E-state index in [-0.39, 0.29) is 11.3 Å². The molecule has 1 amide bonds. The smallest absolute Gasteiger partial charge is 0.321 e. The summed E-state index contributed by atoms with van der Waals surface area (Å²) in [7, 11) is -4.86. The number of amides is 1. The van der Waals surface area contributed by atoms with E-state index in [0.29, 0.717) is 5.82 Å². The monoisotopic (exact) mass is 406 g/mol. The van der Waals surface area contributed by atoms with Gasteiger partial charge in [0.2, 0.25) is 9.84 Å². The number of hydrogen-bond acceptors (Lipinski definition) is 5. The Kier molecular flexibility index (Phi) is 5.23. The summed E-state index contributed by atoms with van der Waals surface area (Å²) in [5, 5.41) is 6.64. The number of anilines is 1. The second-order valence-corrected chi connectivity index (χ2v) is 7.89. The molecule has 0 aliphatic carbocycles. The van der Waals surface area contributed by atoms with Crippen molar-refractivity contribution in [2.45, 2.75) is 24.5 Å². The maximum absolute atomic E-state index is 12.9. The van der Waals surface area contributed by atoms with Crippen LogP contribution in [0.1, 0.15) is 21.7 Å². The second-order valence-electron chi connectivity index (χ2n) is 6.00. The van der Waals surface area contributed by atoms with Crippen LogP contribution in [0.2, 0.25) is 0 Å². The van der Waals surface area contributed by atoms with E-state index in [0.717, 1.165) is 17.5 Å². The number of aromatic nitrogens is 3. The van der Waals surface area contributed by atoms with Crippen LogP contribution in [0.5, 0.6) is 0 Å². The average Bonchev–Trinajstić information content (AvgIpc) is 3.00. The predicted molar refractivity (Wildman–Crippen MR) is 98.4 cm³/mol. The summed E-state index contributed by atoms with van der Waals surface area (Å²) >= 11 is 0. The van der Waals surface area contributed by atoms with E-state index in [1.807, 2.05) is 19.9 Å². The van der Waals surface area contributed by atoms with E-state index < -0.39 is 26.4 Å². The number of nitrogens with zero attached hydrogens (tertiary/aromatic N) is 3. The zero-order chi connectivity index (χ0) is 20.5. The number of para-hydroxylation sites is 1. The lowest BCUT2D eigenvalue weighted by molar-refractivity contribution is 0.102. The molecule has 2 heterocycles. The van der Waals surface area contributed by atoms with Crippen molar-refractivity contribution >= 4 is 21.4 Å². The van der Waals surface area contributed by atoms with Crippen LogP contribution < -0.4 is 5.32 Å². The molecule has 0 atom stereocenters. The molecule has 1 N–H and O–H groups in total. The van der Waals surface area contributed by atoms with Crippen LogP contribution >= 0.6 is 0 Å². The average molecular weight is 406 g/mol. The third-order valence-corrected chi connectivity index (χ3v) is 5.35.